The van der Waals surface area contributed by atoms with Gasteiger partial charge in [0.15, 0.2) is 0 Å². The molecule has 2 aromatic carbocycles. The number of hydrogen-bond acceptors (Lipinski definition) is 3. The third-order valence-electron chi connectivity index (χ3n) is 3.99. The first-order valence-corrected chi connectivity index (χ1v) is 7.33. The molecule has 21 heavy (non-hydrogen) atoms. The first-order valence-electron chi connectivity index (χ1n) is 7.33. The van der Waals surface area contributed by atoms with Gasteiger partial charge in [-0.1, -0.05) is 42.5 Å². The van der Waals surface area contributed by atoms with Crippen LogP contribution in [-0.4, -0.2) is 43.2 Å². The van der Waals surface area contributed by atoms with Gasteiger partial charge in [-0.05, 0) is 16.3 Å². The van der Waals surface area contributed by atoms with Crippen molar-refractivity contribution < 1.29 is 9.53 Å². The van der Waals surface area contributed by atoms with Gasteiger partial charge in [0.1, 0.15) is 0 Å². The molecule has 0 spiro atoms. The van der Waals surface area contributed by atoms with Crippen LogP contribution in [0.3, 0.4) is 0 Å². The molecule has 1 heterocycles. The summed E-state index contributed by atoms with van der Waals surface area (Å²) in [4.78, 5) is 14.3. The Kier molecular flexibility index (Phi) is 4.18. The molecule has 1 aliphatic rings. The van der Waals surface area contributed by atoms with Gasteiger partial charge < -0.3 is 15.4 Å². The van der Waals surface area contributed by atoms with Crippen LogP contribution in [0.15, 0.2) is 42.5 Å². The largest absolute Gasteiger partial charge is 0.377 e. The van der Waals surface area contributed by atoms with E-state index in [9.17, 15) is 4.79 Å². The molecule has 1 aliphatic heterocycles. The van der Waals surface area contributed by atoms with Gasteiger partial charge in [0, 0.05) is 13.1 Å². The van der Waals surface area contributed by atoms with E-state index in [-0.39, 0.29) is 11.9 Å². The Morgan fingerprint density at radius 3 is 2.86 bits per heavy atom. The average Bonchev–Trinajstić information content (AvgIpc) is 2.54. The van der Waals surface area contributed by atoms with Crippen molar-refractivity contribution in [3.05, 3.63) is 48.0 Å². The van der Waals surface area contributed by atoms with Crippen LogP contribution in [-0.2, 0) is 16.0 Å². The van der Waals surface area contributed by atoms with E-state index < -0.39 is 0 Å². The number of morpholine rings is 1. The van der Waals surface area contributed by atoms with Crippen molar-refractivity contribution >= 4 is 16.7 Å². The second-order valence-electron chi connectivity index (χ2n) is 5.41. The van der Waals surface area contributed by atoms with Crippen molar-refractivity contribution in [1.29, 1.82) is 0 Å². The van der Waals surface area contributed by atoms with E-state index >= 15 is 0 Å². The fourth-order valence-electron chi connectivity index (χ4n) is 2.80. The number of ether oxygens (including phenoxy) is 1. The van der Waals surface area contributed by atoms with Gasteiger partial charge in [0.05, 0.1) is 25.7 Å². The van der Waals surface area contributed by atoms with Crippen LogP contribution >= 0.6 is 0 Å². The highest BCUT2D eigenvalue weighted by Crippen LogP contribution is 2.17. The first-order chi connectivity index (χ1) is 10.3. The molecule has 110 valence electrons. The maximum atomic E-state index is 12.5. The third-order valence-corrected chi connectivity index (χ3v) is 3.99. The highest BCUT2D eigenvalue weighted by atomic mass is 16.5. The zero-order chi connectivity index (χ0) is 14.7. The monoisotopic (exact) mass is 284 g/mol. The topological polar surface area (TPSA) is 55.6 Å². The number of amides is 1. The summed E-state index contributed by atoms with van der Waals surface area (Å²) in [6.07, 6.45) is 0.418. The number of fused-ring (bicyclic) bond motifs is 1. The predicted octanol–water partition coefficient (Wildman–Crippen LogP) is 1.57. The van der Waals surface area contributed by atoms with E-state index in [0.717, 1.165) is 5.56 Å². The molecule has 4 nitrogen and oxygen atoms in total. The highest BCUT2D eigenvalue weighted by Gasteiger charge is 2.25. The third kappa shape index (κ3) is 3.06. The fourth-order valence-corrected chi connectivity index (χ4v) is 2.80. The van der Waals surface area contributed by atoms with Gasteiger partial charge in [-0.2, -0.15) is 0 Å². The Hall–Kier alpha value is -1.91. The number of nitrogens with zero attached hydrogens (tertiary/aromatic N) is 1. The molecule has 0 radical (unpaired) electrons. The maximum absolute atomic E-state index is 12.5. The molecule has 1 fully saturated rings. The van der Waals surface area contributed by atoms with Crippen molar-refractivity contribution in [2.75, 3.05) is 26.3 Å². The van der Waals surface area contributed by atoms with E-state index in [0.29, 0.717) is 32.7 Å². The van der Waals surface area contributed by atoms with Crippen LogP contribution in [0.1, 0.15) is 5.56 Å². The summed E-state index contributed by atoms with van der Waals surface area (Å²) in [5.74, 6) is 0.129. The number of nitrogens with two attached hydrogens (primary N) is 1. The molecule has 1 unspecified atom stereocenters. The quantitative estimate of drug-likeness (QED) is 0.931. The first kappa shape index (κ1) is 14.0. The van der Waals surface area contributed by atoms with Crippen LogP contribution in [0.2, 0.25) is 0 Å². The van der Waals surface area contributed by atoms with E-state index in [1.54, 1.807) is 0 Å². The zero-order valence-corrected chi connectivity index (χ0v) is 12.0. The van der Waals surface area contributed by atoms with Crippen molar-refractivity contribution in [2.24, 2.45) is 5.73 Å². The van der Waals surface area contributed by atoms with Gasteiger partial charge in [0.2, 0.25) is 5.91 Å². The Morgan fingerprint density at radius 1 is 1.24 bits per heavy atom. The summed E-state index contributed by atoms with van der Waals surface area (Å²) in [7, 11) is 0. The summed E-state index contributed by atoms with van der Waals surface area (Å²) < 4.78 is 5.39. The SMILES string of the molecule is NCC1COCCN1C(=O)Cc1ccc2ccccc2c1. The van der Waals surface area contributed by atoms with Crippen LogP contribution < -0.4 is 5.73 Å². The van der Waals surface area contributed by atoms with Gasteiger partial charge in [0.25, 0.3) is 0 Å². The predicted molar refractivity (Wildman–Crippen MR) is 83.0 cm³/mol. The van der Waals surface area contributed by atoms with Crippen molar-refractivity contribution in [3.63, 3.8) is 0 Å². The summed E-state index contributed by atoms with van der Waals surface area (Å²) in [5, 5.41) is 2.36. The fraction of sp³-hybridized carbons (Fsp3) is 0.353. The van der Waals surface area contributed by atoms with Crippen LogP contribution in [0.4, 0.5) is 0 Å². The number of rotatable bonds is 3. The number of carbonyl (C=O) groups excluding carboxylic acids is 1. The Balaban J connectivity index is 1.76. The standard InChI is InChI=1S/C17H20N2O2/c18-11-16-12-21-8-7-19(16)17(20)10-13-5-6-14-3-1-2-4-15(14)9-13/h1-6,9,16H,7-8,10-12,18H2. The van der Waals surface area contributed by atoms with Gasteiger partial charge in [-0.25, -0.2) is 0 Å². The smallest absolute Gasteiger partial charge is 0.227 e. The van der Waals surface area contributed by atoms with E-state index in [1.165, 1.54) is 10.8 Å². The number of carbonyl (C=O) groups is 1. The second kappa shape index (κ2) is 6.24. The molecule has 0 aromatic heterocycles. The minimum atomic E-state index is 0.00621. The highest BCUT2D eigenvalue weighted by molar-refractivity contribution is 5.85. The zero-order valence-electron chi connectivity index (χ0n) is 12.0. The molecule has 0 bridgehead atoms. The van der Waals surface area contributed by atoms with E-state index in [4.69, 9.17) is 10.5 Å². The molecule has 0 aliphatic carbocycles. The molecule has 1 atom stereocenters. The summed E-state index contributed by atoms with van der Waals surface area (Å²) in [6, 6.07) is 14.4. The Morgan fingerprint density at radius 2 is 2.05 bits per heavy atom. The molecule has 3 rings (SSSR count). The molecular weight excluding hydrogens is 264 g/mol. The second-order valence-corrected chi connectivity index (χ2v) is 5.41. The number of benzene rings is 2. The van der Waals surface area contributed by atoms with Crippen LogP contribution in [0, 0.1) is 0 Å². The van der Waals surface area contributed by atoms with E-state index in [1.807, 2.05) is 23.1 Å². The molecule has 2 aromatic rings. The van der Waals surface area contributed by atoms with Crippen molar-refractivity contribution in [1.82, 2.24) is 4.90 Å². The summed E-state index contributed by atoms with van der Waals surface area (Å²) in [5.41, 5.74) is 6.77. The lowest BCUT2D eigenvalue weighted by molar-refractivity contribution is -0.138. The van der Waals surface area contributed by atoms with Gasteiger partial charge in [-0.3, -0.25) is 4.79 Å². The lowest BCUT2D eigenvalue weighted by Gasteiger charge is -2.35. The average molecular weight is 284 g/mol. The minimum Gasteiger partial charge on any atom is -0.377 e. The van der Waals surface area contributed by atoms with E-state index in [2.05, 4.69) is 24.3 Å². The molecular formula is C17H20N2O2. The molecule has 0 saturated carbocycles. The Labute approximate surface area is 124 Å². The lowest BCUT2D eigenvalue weighted by atomic mass is 10.0. The summed E-state index contributed by atoms with van der Waals surface area (Å²) in [6.45, 7) is 2.22. The van der Waals surface area contributed by atoms with Crippen LogP contribution in [0.5, 0.6) is 0 Å². The molecule has 1 amide bonds. The Bertz CT molecular complexity index is 641. The molecule has 2 N–H and O–H groups in total. The number of hydrogen-bond donors (Lipinski definition) is 1. The van der Waals surface area contributed by atoms with Gasteiger partial charge in [-0.15, -0.1) is 0 Å². The van der Waals surface area contributed by atoms with Crippen molar-refractivity contribution in [2.45, 2.75) is 12.5 Å². The minimum absolute atomic E-state index is 0.00621. The lowest BCUT2D eigenvalue weighted by Crippen LogP contribution is -2.52. The maximum Gasteiger partial charge on any atom is 0.227 e. The molecule has 4 heteroatoms. The van der Waals surface area contributed by atoms with Crippen molar-refractivity contribution in [3.8, 4) is 0 Å². The normalized spacial score (nSPS) is 18.9. The van der Waals surface area contributed by atoms with Crippen LogP contribution in [0.25, 0.3) is 10.8 Å². The summed E-state index contributed by atoms with van der Waals surface area (Å²) >= 11 is 0. The molecule has 1 saturated heterocycles. The van der Waals surface area contributed by atoms with Gasteiger partial charge >= 0.3 is 0 Å².